The van der Waals surface area contributed by atoms with E-state index in [1.54, 1.807) is 5.48 Å². The van der Waals surface area contributed by atoms with Gasteiger partial charge in [0.05, 0.1) is 11.7 Å². The van der Waals surface area contributed by atoms with Gasteiger partial charge in [0, 0.05) is 31.1 Å². The molecule has 6 heteroatoms. The molecular weight excluding hydrogens is 340 g/mol. The molecule has 1 aromatic heterocycles. The number of anilines is 1. The number of aryl methyl sites for hydroxylation is 1. The third kappa shape index (κ3) is 5.08. The van der Waals surface area contributed by atoms with Crippen molar-refractivity contribution in [1.82, 2.24) is 15.3 Å². The Balaban J connectivity index is 1.46. The van der Waals surface area contributed by atoms with Crippen LogP contribution in [0.2, 0.25) is 0 Å². The predicted octanol–water partition coefficient (Wildman–Crippen LogP) is 4.11. The zero-order valence-electron chi connectivity index (χ0n) is 15.6. The lowest BCUT2D eigenvalue weighted by atomic mass is 10.0. The van der Waals surface area contributed by atoms with Gasteiger partial charge < -0.3 is 5.32 Å². The Morgan fingerprint density at radius 1 is 1.04 bits per heavy atom. The van der Waals surface area contributed by atoms with Crippen molar-refractivity contribution in [3.05, 3.63) is 48.7 Å². The number of aromatic nitrogens is 2. The van der Waals surface area contributed by atoms with Gasteiger partial charge in [-0.2, -0.15) is 5.10 Å². The number of unbranched alkanes of at least 4 members (excludes halogenated alkanes) is 3. The van der Waals surface area contributed by atoms with E-state index in [2.05, 4.69) is 52.9 Å². The van der Waals surface area contributed by atoms with Crippen LogP contribution < -0.4 is 10.8 Å². The quantitative estimate of drug-likeness (QED) is 0.302. The highest BCUT2D eigenvalue weighted by atomic mass is 16.5. The molecule has 0 fully saturated rings. The maximum Gasteiger partial charge on any atom is 0.243 e. The zero-order valence-corrected chi connectivity index (χ0v) is 15.6. The van der Waals surface area contributed by atoms with Crippen LogP contribution in [0.15, 0.2) is 48.7 Å². The fraction of sp³-hybridized carbons (Fsp3) is 0.333. The van der Waals surface area contributed by atoms with E-state index in [-0.39, 0.29) is 5.91 Å². The second kappa shape index (κ2) is 9.19. The maximum absolute atomic E-state index is 10.9. The molecule has 27 heavy (non-hydrogen) atoms. The third-order valence-corrected chi connectivity index (χ3v) is 4.75. The molecule has 1 amide bonds. The molecule has 0 aliphatic heterocycles. The van der Waals surface area contributed by atoms with Crippen molar-refractivity contribution >= 4 is 22.5 Å². The van der Waals surface area contributed by atoms with Crippen LogP contribution in [0.1, 0.15) is 32.1 Å². The van der Waals surface area contributed by atoms with Crippen LogP contribution in [-0.2, 0) is 11.8 Å². The van der Waals surface area contributed by atoms with E-state index < -0.39 is 0 Å². The fourth-order valence-electron chi connectivity index (χ4n) is 3.16. The molecule has 0 atom stereocenters. The van der Waals surface area contributed by atoms with Crippen LogP contribution in [0, 0.1) is 0 Å². The minimum Gasteiger partial charge on any atom is -0.385 e. The number of hydroxylamine groups is 1. The highest BCUT2D eigenvalue weighted by Gasteiger charge is 2.03. The molecular formula is C21H26N4O2. The number of rotatable bonds is 9. The lowest BCUT2D eigenvalue weighted by Crippen LogP contribution is -2.17. The Morgan fingerprint density at radius 2 is 1.78 bits per heavy atom. The first-order valence-corrected chi connectivity index (χ1v) is 9.36. The Labute approximate surface area is 159 Å². The maximum atomic E-state index is 10.9. The summed E-state index contributed by atoms with van der Waals surface area (Å²) in [5.41, 5.74) is 6.27. The molecule has 0 aliphatic carbocycles. The predicted molar refractivity (Wildman–Crippen MR) is 108 cm³/mol. The van der Waals surface area contributed by atoms with Gasteiger partial charge in [0.15, 0.2) is 0 Å². The number of fused-ring (bicyclic) bond motifs is 1. The fourth-order valence-corrected chi connectivity index (χ4v) is 3.16. The normalized spacial score (nSPS) is 10.9. The molecule has 142 valence electrons. The molecule has 3 N–H and O–H groups in total. The summed E-state index contributed by atoms with van der Waals surface area (Å²) < 4.78 is 1.89. The Bertz CT molecular complexity index is 887. The summed E-state index contributed by atoms with van der Waals surface area (Å²) in [7, 11) is 1.96. The minimum atomic E-state index is -0.309. The van der Waals surface area contributed by atoms with Gasteiger partial charge in [-0.15, -0.1) is 0 Å². The van der Waals surface area contributed by atoms with Crippen molar-refractivity contribution in [3.8, 4) is 11.1 Å². The smallest absolute Gasteiger partial charge is 0.243 e. The molecule has 3 rings (SSSR count). The first-order chi connectivity index (χ1) is 13.2. The molecule has 0 saturated carbocycles. The average Bonchev–Trinajstić information content (AvgIpc) is 3.08. The largest absolute Gasteiger partial charge is 0.385 e. The highest BCUT2D eigenvalue weighted by Crippen LogP contribution is 2.25. The number of carbonyl (C=O) groups is 1. The Hall–Kier alpha value is -2.86. The summed E-state index contributed by atoms with van der Waals surface area (Å²) in [6, 6.07) is 14.9. The number of hydrogen-bond acceptors (Lipinski definition) is 4. The minimum absolute atomic E-state index is 0.309. The van der Waals surface area contributed by atoms with Crippen molar-refractivity contribution in [2.45, 2.75) is 32.1 Å². The van der Waals surface area contributed by atoms with Gasteiger partial charge in [0.2, 0.25) is 5.91 Å². The van der Waals surface area contributed by atoms with E-state index in [0.717, 1.165) is 48.8 Å². The van der Waals surface area contributed by atoms with Crippen molar-refractivity contribution in [2.75, 3.05) is 11.9 Å². The van der Waals surface area contributed by atoms with Crippen molar-refractivity contribution in [2.24, 2.45) is 7.05 Å². The van der Waals surface area contributed by atoms with Gasteiger partial charge in [-0.05, 0) is 42.2 Å². The van der Waals surface area contributed by atoms with Crippen molar-refractivity contribution in [3.63, 3.8) is 0 Å². The number of carbonyl (C=O) groups excluding carboxylic acids is 1. The SMILES string of the molecule is Cn1ncc2ccc(-c3ccc(NCCCCCCC(=O)NO)cc3)cc21. The first kappa shape index (κ1) is 18.9. The number of nitrogens with one attached hydrogen (secondary N) is 2. The summed E-state index contributed by atoms with van der Waals surface area (Å²) in [5.74, 6) is -0.309. The van der Waals surface area contributed by atoms with Crippen LogP contribution in [-0.4, -0.2) is 27.4 Å². The Kier molecular flexibility index (Phi) is 6.44. The van der Waals surface area contributed by atoms with E-state index in [4.69, 9.17) is 5.21 Å². The van der Waals surface area contributed by atoms with E-state index in [1.165, 1.54) is 11.1 Å². The Morgan fingerprint density at radius 3 is 2.56 bits per heavy atom. The molecule has 0 aliphatic rings. The van der Waals surface area contributed by atoms with Crippen molar-refractivity contribution in [1.29, 1.82) is 0 Å². The van der Waals surface area contributed by atoms with E-state index in [0.29, 0.717) is 6.42 Å². The first-order valence-electron chi connectivity index (χ1n) is 9.36. The molecule has 0 radical (unpaired) electrons. The van der Waals surface area contributed by atoms with E-state index in [1.807, 2.05) is 17.9 Å². The van der Waals surface area contributed by atoms with Gasteiger partial charge in [-0.3, -0.25) is 14.7 Å². The second-order valence-electron chi connectivity index (χ2n) is 6.75. The zero-order chi connectivity index (χ0) is 19.1. The monoisotopic (exact) mass is 366 g/mol. The van der Waals surface area contributed by atoms with E-state index >= 15 is 0 Å². The van der Waals surface area contributed by atoms with Crippen LogP contribution >= 0.6 is 0 Å². The molecule has 0 bridgehead atoms. The lowest BCUT2D eigenvalue weighted by Gasteiger charge is -2.08. The van der Waals surface area contributed by atoms with Gasteiger partial charge in [0.1, 0.15) is 0 Å². The molecule has 0 saturated heterocycles. The van der Waals surface area contributed by atoms with Gasteiger partial charge >= 0.3 is 0 Å². The molecule has 6 nitrogen and oxygen atoms in total. The third-order valence-electron chi connectivity index (χ3n) is 4.75. The van der Waals surface area contributed by atoms with Gasteiger partial charge in [-0.1, -0.05) is 37.1 Å². The van der Waals surface area contributed by atoms with Crippen LogP contribution in [0.25, 0.3) is 22.0 Å². The molecule has 3 aromatic rings. The number of amides is 1. The van der Waals surface area contributed by atoms with Crippen LogP contribution in [0.5, 0.6) is 0 Å². The highest BCUT2D eigenvalue weighted by molar-refractivity contribution is 5.84. The van der Waals surface area contributed by atoms with Crippen LogP contribution in [0.3, 0.4) is 0 Å². The molecule has 2 aromatic carbocycles. The topological polar surface area (TPSA) is 79.2 Å². The molecule has 0 spiro atoms. The summed E-state index contributed by atoms with van der Waals surface area (Å²) in [6.45, 7) is 0.909. The summed E-state index contributed by atoms with van der Waals surface area (Å²) in [5, 5.41) is 17.3. The number of benzene rings is 2. The molecule has 1 heterocycles. The lowest BCUT2D eigenvalue weighted by molar-refractivity contribution is -0.129. The van der Waals surface area contributed by atoms with Gasteiger partial charge in [0.25, 0.3) is 0 Å². The van der Waals surface area contributed by atoms with Gasteiger partial charge in [-0.25, -0.2) is 5.48 Å². The van der Waals surface area contributed by atoms with E-state index in [9.17, 15) is 4.79 Å². The summed E-state index contributed by atoms with van der Waals surface area (Å²) in [4.78, 5) is 10.9. The van der Waals surface area contributed by atoms with Crippen LogP contribution in [0.4, 0.5) is 5.69 Å². The average molecular weight is 366 g/mol. The van der Waals surface area contributed by atoms with Crippen molar-refractivity contribution < 1.29 is 10.0 Å². The second-order valence-corrected chi connectivity index (χ2v) is 6.75. The summed E-state index contributed by atoms with van der Waals surface area (Å²) in [6.07, 6.45) is 6.18. The number of hydrogen-bond donors (Lipinski definition) is 3. The standard InChI is InChI=1S/C21H26N4O2/c1-25-20-14-17(7-8-18(20)15-23-25)16-9-11-19(12-10-16)22-13-5-3-2-4-6-21(26)24-27/h7-12,14-15,22,27H,2-6,13H2,1H3,(H,24,26). The molecule has 0 unspecified atom stereocenters. The number of nitrogens with zero attached hydrogens (tertiary/aromatic N) is 2. The summed E-state index contributed by atoms with van der Waals surface area (Å²) >= 11 is 0.